The third kappa shape index (κ3) is 5.51. The van der Waals surface area contributed by atoms with Gasteiger partial charge in [0, 0.05) is 11.6 Å². The molecule has 0 bridgehead atoms. The topological polar surface area (TPSA) is 124 Å². The van der Waals surface area contributed by atoms with Gasteiger partial charge in [0.05, 0.1) is 32.7 Å². The van der Waals surface area contributed by atoms with Crippen molar-refractivity contribution in [1.82, 2.24) is 15.5 Å². The summed E-state index contributed by atoms with van der Waals surface area (Å²) < 4.78 is 41.1. The van der Waals surface area contributed by atoms with Crippen LogP contribution >= 0.6 is 0 Å². The van der Waals surface area contributed by atoms with Crippen LogP contribution in [-0.4, -0.2) is 51.5 Å². The molecule has 0 aliphatic carbocycles. The van der Waals surface area contributed by atoms with E-state index < -0.39 is 22.5 Å². The Hall–Kier alpha value is -3.60. The van der Waals surface area contributed by atoms with Crippen LogP contribution in [0.4, 0.5) is 5.69 Å². The van der Waals surface area contributed by atoms with Crippen molar-refractivity contribution in [3.05, 3.63) is 54.4 Å². The highest BCUT2D eigenvalue weighted by Gasteiger charge is 2.22. The Bertz CT molecular complexity index is 1150. The number of carbonyl (C=O) groups excluding carboxylic acids is 1. The molecule has 0 aliphatic rings. The molecule has 0 unspecified atom stereocenters. The smallest absolute Gasteiger partial charge is 0.246 e. The van der Waals surface area contributed by atoms with Crippen molar-refractivity contribution in [2.24, 2.45) is 0 Å². The SMILES string of the molecule is COc1ccc(N(CC(=O)NCc2nc(-c3ccccc3)no2)S(C)(=O)=O)cc1OC. The standard InChI is InChI=1S/C20H22N4O6S/c1-28-16-10-9-15(11-17(16)29-2)24(31(3,26)27)13-18(25)21-12-19-22-20(23-30-19)14-7-5-4-6-8-14/h4-11H,12-13H2,1-3H3,(H,21,25). The number of benzene rings is 2. The summed E-state index contributed by atoms with van der Waals surface area (Å²) in [4.78, 5) is 16.7. The van der Waals surface area contributed by atoms with Crippen LogP contribution in [0.2, 0.25) is 0 Å². The van der Waals surface area contributed by atoms with Gasteiger partial charge >= 0.3 is 0 Å². The van der Waals surface area contributed by atoms with E-state index in [0.717, 1.165) is 16.1 Å². The van der Waals surface area contributed by atoms with E-state index >= 15 is 0 Å². The fraction of sp³-hybridized carbons (Fsp3) is 0.250. The second kappa shape index (κ2) is 9.47. The molecule has 0 aliphatic heterocycles. The molecule has 1 amide bonds. The summed E-state index contributed by atoms with van der Waals surface area (Å²) in [6, 6.07) is 13.8. The average molecular weight is 446 g/mol. The highest BCUT2D eigenvalue weighted by Crippen LogP contribution is 2.32. The number of hydrogen-bond donors (Lipinski definition) is 1. The lowest BCUT2D eigenvalue weighted by Crippen LogP contribution is -2.40. The maximum Gasteiger partial charge on any atom is 0.246 e. The highest BCUT2D eigenvalue weighted by molar-refractivity contribution is 7.92. The first-order chi connectivity index (χ1) is 14.8. The molecular weight excluding hydrogens is 424 g/mol. The summed E-state index contributed by atoms with van der Waals surface area (Å²) in [5.74, 6) is 0.833. The lowest BCUT2D eigenvalue weighted by Gasteiger charge is -2.22. The molecule has 0 saturated carbocycles. The molecule has 11 heteroatoms. The minimum atomic E-state index is -3.75. The third-order valence-electron chi connectivity index (χ3n) is 4.28. The van der Waals surface area contributed by atoms with E-state index in [9.17, 15) is 13.2 Å². The number of hydrogen-bond acceptors (Lipinski definition) is 8. The molecule has 3 rings (SSSR count). The fourth-order valence-electron chi connectivity index (χ4n) is 2.77. The highest BCUT2D eigenvalue weighted by atomic mass is 32.2. The Morgan fingerprint density at radius 3 is 2.45 bits per heavy atom. The summed E-state index contributed by atoms with van der Waals surface area (Å²) >= 11 is 0. The summed E-state index contributed by atoms with van der Waals surface area (Å²) in [7, 11) is -0.838. The van der Waals surface area contributed by atoms with Crippen molar-refractivity contribution in [3.63, 3.8) is 0 Å². The number of nitrogens with zero attached hydrogens (tertiary/aromatic N) is 3. The van der Waals surface area contributed by atoms with E-state index in [2.05, 4.69) is 15.5 Å². The van der Waals surface area contributed by atoms with E-state index in [4.69, 9.17) is 14.0 Å². The van der Waals surface area contributed by atoms with Gasteiger partial charge in [0.2, 0.25) is 27.6 Å². The molecule has 164 valence electrons. The molecule has 1 heterocycles. The molecule has 3 aromatic rings. The molecule has 2 aromatic carbocycles. The zero-order chi connectivity index (χ0) is 22.4. The second-order valence-corrected chi connectivity index (χ2v) is 8.37. The van der Waals surface area contributed by atoms with Gasteiger partial charge in [0.1, 0.15) is 6.54 Å². The monoisotopic (exact) mass is 446 g/mol. The van der Waals surface area contributed by atoms with Crippen LogP contribution in [0.15, 0.2) is 53.1 Å². The Labute approximate surface area is 179 Å². The van der Waals surface area contributed by atoms with Gasteiger partial charge in [-0.2, -0.15) is 4.98 Å². The van der Waals surface area contributed by atoms with E-state index in [-0.39, 0.29) is 18.1 Å². The molecule has 0 fully saturated rings. The molecule has 0 saturated heterocycles. The van der Waals surface area contributed by atoms with Crippen molar-refractivity contribution in [3.8, 4) is 22.9 Å². The fourth-order valence-corrected chi connectivity index (χ4v) is 3.62. The van der Waals surface area contributed by atoms with Gasteiger partial charge < -0.3 is 19.3 Å². The lowest BCUT2D eigenvalue weighted by molar-refractivity contribution is -0.119. The summed E-state index contributed by atoms with van der Waals surface area (Å²) in [6.45, 7) is -0.476. The molecule has 10 nitrogen and oxygen atoms in total. The Morgan fingerprint density at radius 2 is 1.81 bits per heavy atom. The van der Waals surface area contributed by atoms with Gasteiger partial charge in [0.15, 0.2) is 11.5 Å². The zero-order valence-corrected chi connectivity index (χ0v) is 18.0. The number of amides is 1. The molecule has 31 heavy (non-hydrogen) atoms. The van der Waals surface area contributed by atoms with Crippen LogP contribution in [0.25, 0.3) is 11.4 Å². The lowest BCUT2D eigenvalue weighted by atomic mass is 10.2. The number of methoxy groups -OCH3 is 2. The predicted molar refractivity (Wildman–Crippen MR) is 113 cm³/mol. The largest absolute Gasteiger partial charge is 0.493 e. The van der Waals surface area contributed by atoms with Crippen molar-refractivity contribution in [1.29, 1.82) is 0 Å². The third-order valence-corrected chi connectivity index (χ3v) is 5.42. The van der Waals surface area contributed by atoms with Gasteiger partial charge in [-0.1, -0.05) is 35.5 Å². The van der Waals surface area contributed by atoms with Gasteiger partial charge in [-0.15, -0.1) is 0 Å². The molecule has 1 aromatic heterocycles. The van der Waals surface area contributed by atoms with Crippen molar-refractivity contribution in [2.75, 3.05) is 31.3 Å². The maximum absolute atomic E-state index is 12.4. The van der Waals surface area contributed by atoms with Crippen LogP contribution in [0, 0.1) is 0 Å². The first-order valence-corrected chi connectivity index (χ1v) is 11.0. The van der Waals surface area contributed by atoms with Crippen molar-refractivity contribution >= 4 is 21.6 Å². The summed E-state index contributed by atoms with van der Waals surface area (Å²) in [5.41, 5.74) is 1.04. The van der Waals surface area contributed by atoms with Crippen molar-refractivity contribution < 1.29 is 27.2 Å². The first-order valence-electron chi connectivity index (χ1n) is 9.16. The van der Waals surface area contributed by atoms with Gasteiger partial charge in [-0.25, -0.2) is 8.42 Å². The quantitative estimate of drug-likeness (QED) is 0.528. The van der Waals surface area contributed by atoms with Crippen molar-refractivity contribution in [2.45, 2.75) is 6.54 Å². The molecular formula is C20H22N4O6S. The number of aromatic nitrogens is 2. The molecule has 0 radical (unpaired) electrons. The minimum absolute atomic E-state index is 0.0395. The number of sulfonamides is 1. The van der Waals surface area contributed by atoms with Gasteiger partial charge in [-0.05, 0) is 12.1 Å². The van der Waals surface area contributed by atoms with Crippen LogP contribution in [0.5, 0.6) is 11.5 Å². The average Bonchev–Trinajstić information content (AvgIpc) is 3.24. The van der Waals surface area contributed by atoms with E-state index in [0.29, 0.717) is 17.3 Å². The summed E-state index contributed by atoms with van der Waals surface area (Å²) in [5, 5.41) is 6.47. The Balaban J connectivity index is 1.69. The number of nitrogens with one attached hydrogen (secondary N) is 1. The maximum atomic E-state index is 12.4. The van der Waals surface area contributed by atoms with E-state index in [1.807, 2.05) is 30.3 Å². The van der Waals surface area contributed by atoms with E-state index in [1.165, 1.54) is 26.4 Å². The van der Waals surface area contributed by atoms with Crippen LogP contribution in [-0.2, 0) is 21.4 Å². The number of carbonyl (C=O) groups is 1. The number of rotatable bonds is 9. The van der Waals surface area contributed by atoms with E-state index in [1.54, 1.807) is 6.07 Å². The van der Waals surface area contributed by atoms with Gasteiger partial charge in [0.25, 0.3) is 0 Å². The number of anilines is 1. The zero-order valence-electron chi connectivity index (χ0n) is 17.2. The normalized spacial score (nSPS) is 11.1. The second-order valence-electron chi connectivity index (χ2n) is 6.46. The molecule has 0 spiro atoms. The molecule has 0 atom stereocenters. The van der Waals surface area contributed by atoms with Gasteiger partial charge in [-0.3, -0.25) is 9.10 Å². The predicted octanol–water partition coefficient (Wildman–Crippen LogP) is 1.84. The summed E-state index contributed by atoms with van der Waals surface area (Å²) in [6.07, 6.45) is 1.02. The minimum Gasteiger partial charge on any atom is -0.493 e. The number of ether oxygens (including phenoxy) is 2. The van der Waals surface area contributed by atoms with Crippen LogP contribution < -0.4 is 19.1 Å². The van der Waals surface area contributed by atoms with Crippen LogP contribution in [0.3, 0.4) is 0 Å². The molecule has 1 N–H and O–H groups in total. The Kier molecular flexibility index (Phi) is 6.75. The van der Waals surface area contributed by atoms with Crippen LogP contribution in [0.1, 0.15) is 5.89 Å². The Morgan fingerprint density at radius 1 is 1.10 bits per heavy atom. The first kappa shape index (κ1) is 22.1.